The Hall–Kier alpha value is -1.36. The van der Waals surface area contributed by atoms with Gasteiger partial charge in [0.05, 0.1) is 0 Å². The summed E-state index contributed by atoms with van der Waals surface area (Å²) < 4.78 is 0. The van der Waals surface area contributed by atoms with Crippen molar-refractivity contribution in [2.75, 3.05) is 11.9 Å². The molecule has 1 heterocycles. The number of carboxylic acid groups (broad SMARTS) is 1. The number of hydrogen-bond donors (Lipinski definition) is 2. The van der Waals surface area contributed by atoms with Gasteiger partial charge in [-0.25, -0.2) is 14.8 Å². The van der Waals surface area contributed by atoms with Crippen LogP contribution in [0.2, 0.25) is 5.02 Å². The highest BCUT2D eigenvalue weighted by molar-refractivity contribution is 6.35. The SMILES string of the molecule is CCCNc1nc(C2CC2)nc(C(=O)O)c1Cl. The molecular formula is C11H14ClN3O2. The van der Waals surface area contributed by atoms with Gasteiger partial charge in [-0.15, -0.1) is 0 Å². The van der Waals surface area contributed by atoms with Crippen LogP contribution in [0.1, 0.15) is 48.4 Å². The molecule has 1 aromatic rings. The van der Waals surface area contributed by atoms with Gasteiger partial charge < -0.3 is 10.4 Å². The first-order valence-electron chi connectivity index (χ1n) is 5.68. The van der Waals surface area contributed by atoms with Crippen LogP contribution in [0.5, 0.6) is 0 Å². The van der Waals surface area contributed by atoms with E-state index in [1.165, 1.54) is 0 Å². The van der Waals surface area contributed by atoms with Crippen molar-refractivity contribution in [1.82, 2.24) is 9.97 Å². The fraction of sp³-hybridized carbons (Fsp3) is 0.545. The summed E-state index contributed by atoms with van der Waals surface area (Å²) >= 11 is 5.97. The molecule has 1 aliphatic carbocycles. The fourth-order valence-corrected chi connectivity index (χ4v) is 1.72. The molecule has 0 radical (unpaired) electrons. The number of nitrogens with zero attached hydrogens (tertiary/aromatic N) is 2. The molecule has 92 valence electrons. The summed E-state index contributed by atoms with van der Waals surface area (Å²) in [5.74, 6) is 0.208. The highest BCUT2D eigenvalue weighted by Crippen LogP contribution is 2.39. The lowest BCUT2D eigenvalue weighted by molar-refractivity contribution is 0.0690. The predicted molar refractivity (Wildman–Crippen MR) is 64.8 cm³/mol. The first-order chi connectivity index (χ1) is 8.13. The van der Waals surface area contributed by atoms with Crippen LogP contribution in [-0.4, -0.2) is 27.6 Å². The Labute approximate surface area is 104 Å². The lowest BCUT2D eigenvalue weighted by Gasteiger charge is -2.09. The number of hydrogen-bond acceptors (Lipinski definition) is 4. The second-order valence-electron chi connectivity index (χ2n) is 4.10. The fourth-order valence-electron chi connectivity index (χ4n) is 1.49. The van der Waals surface area contributed by atoms with Crippen LogP contribution < -0.4 is 5.32 Å². The molecule has 0 spiro atoms. The second-order valence-corrected chi connectivity index (χ2v) is 4.48. The third-order valence-electron chi connectivity index (χ3n) is 2.56. The molecule has 1 saturated carbocycles. The van der Waals surface area contributed by atoms with Crippen LogP contribution >= 0.6 is 11.6 Å². The normalized spacial score (nSPS) is 14.7. The van der Waals surface area contributed by atoms with Crippen LogP contribution in [0.4, 0.5) is 5.82 Å². The van der Waals surface area contributed by atoms with Crippen LogP contribution in [0.15, 0.2) is 0 Å². The molecule has 2 N–H and O–H groups in total. The van der Waals surface area contributed by atoms with Crippen molar-refractivity contribution < 1.29 is 9.90 Å². The molecule has 0 bridgehead atoms. The minimum Gasteiger partial charge on any atom is -0.476 e. The van der Waals surface area contributed by atoms with Crippen LogP contribution in [0.3, 0.4) is 0 Å². The average molecular weight is 256 g/mol. The summed E-state index contributed by atoms with van der Waals surface area (Å²) in [7, 11) is 0. The smallest absolute Gasteiger partial charge is 0.356 e. The maximum atomic E-state index is 11.0. The molecule has 0 aliphatic heterocycles. The number of rotatable bonds is 5. The lowest BCUT2D eigenvalue weighted by atomic mass is 10.3. The molecule has 0 aromatic carbocycles. The van der Waals surface area contributed by atoms with E-state index < -0.39 is 5.97 Å². The van der Waals surface area contributed by atoms with Crippen molar-refractivity contribution in [3.05, 3.63) is 16.5 Å². The van der Waals surface area contributed by atoms with E-state index in [-0.39, 0.29) is 10.7 Å². The van der Waals surface area contributed by atoms with Crippen molar-refractivity contribution in [2.45, 2.75) is 32.1 Å². The van der Waals surface area contributed by atoms with Crippen molar-refractivity contribution in [1.29, 1.82) is 0 Å². The second kappa shape index (κ2) is 4.87. The molecule has 2 rings (SSSR count). The van der Waals surface area contributed by atoms with Gasteiger partial charge in [-0.2, -0.15) is 0 Å². The van der Waals surface area contributed by atoms with E-state index in [0.29, 0.717) is 24.1 Å². The molecule has 0 unspecified atom stereocenters. The summed E-state index contributed by atoms with van der Waals surface area (Å²) in [6, 6.07) is 0. The minimum atomic E-state index is -1.11. The Kier molecular flexibility index (Phi) is 3.47. The van der Waals surface area contributed by atoms with Gasteiger partial charge in [-0.1, -0.05) is 18.5 Å². The zero-order valence-corrected chi connectivity index (χ0v) is 10.3. The van der Waals surface area contributed by atoms with Gasteiger partial charge >= 0.3 is 5.97 Å². The third-order valence-corrected chi connectivity index (χ3v) is 2.91. The maximum absolute atomic E-state index is 11.0. The number of halogens is 1. The summed E-state index contributed by atoms with van der Waals surface area (Å²) in [5, 5.41) is 12.2. The predicted octanol–water partition coefficient (Wildman–Crippen LogP) is 2.53. The summed E-state index contributed by atoms with van der Waals surface area (Å²) in [4.78, 5) is 19.4. The topological polar surface area (TPSA) is 75.1 Å². The largest absolute Gasteiger partial charge is 0.476 e. The van der Waals surface area contributed by atoms with E-state index in [4.69, 9.17) is 16.7 Å². The highest BCUT2D eigenvalue weighted by Gasteiger charge is 2.29. The van der Waals surface area contributed by atoms with Crippen molar-refractivity contribution in [2.24, 2.45) is 0 Å². The lowest BCUT2D eigenvalue weighted by Crippen LogP contribution is -2.11. The number of anilines is 1. The summed E-state index contributed by atoms with van der Waals surface area (Å²) in [6.45, 7) is 2.72. The minimum absolute atomic E-state index is 0.0929. The molecule has 1 fully saturated rings. The van der Waals surface area contributed by atoms with E-state index in [1.54, 1.807) is 0 Å². The van der Waals surface area contributed by atoms with Crippen LogP contribution in [-0.2, 0) is 0 Å². The molecule has 6 heteroatoms. The first kappa shape index (κ1) is 12.1. The summed E-state index contributed by atoms with van der Waals surface area (Å²) in [5.41, 5.74) is -0.109. The van der Waals surface area contributed by atoms with Gasteiger partial charge in [0, 0.05) is 12.5 Å². The Morgan fingerprint density at radius 3 is 2.76 bits per heavy atom. The molecule has 0 atom stereocenters. The molecule has 5 nitrogen and oxygen atoms in total. The molecule has 0 saturated heterocycles. The monoisotopic (exact) mass is 255 g/mol. The van der Waals surface area contributed by atoms with Gasteiger partial charge in [-0.3, -0.25) is 0 Å². The number of carboxylic acids is 1. The van der Waals surface area contributed by atoms with Crippen LogP contribution in [0.25, 0.3) is 0 Å². The molecule has 17 heavy (non-hydrogen) atoms. The Bertz CT molecular complexity index is 447. The van der Waals surface area contributed by atoms with Crippen molar-refractivity contribution >= 4 is 23.4 Å². The van der Waals surface area contributed by atoms with Crippen molar-refractivity contribution in [3.8, 4) is 0 Å². The van der Waals surface area contributed by atoms with E-state index in [9.17, 15) is 4.79 Å². The number of nitrogens with one attached hydrogen (secondary N) is 1. The van der Waals surface area contributed by atoms with Crippen LogP contribution in [0, 0.1) is 0 Å². The van der Waals surface area contributed by atoms with E-state index in [0.717, 1.165) is 19.3 Å². The summed E-state index contributed by atoms with van der Waals surface area (Å²) in [6.07, 6.45) is 2.96. The standard InChI is InChI=1S/C11H14ClN3O2/c1-2-5-13-10-7(12)8(11(16)17)14-9(15-10)6-3-4-6/h6H,2-5H2,1H3,(H,16,17)(H,13,14,15). The maximum Gasteiger partial charge on any atom is 0.356 e. The Morgan fingerprint density at radius 2 is 2.24 bits per heavy atom. The van der Waals surface area contributed by atoms with Gasteiger partial charge in [0.2, 0.25) is 0 Å². The van der Waals surface area contributed by atoms with Gasteiger partial charge in [0.25, 0.3) is 0 Å². The Balaban J connectivity index is 2.37. The zero-order chi connectivity index (χ0) is 12.4. The molecule has 1 aliphatic rings. The third kappa shape index (κ3) is 2.66. The van der Waals surface area contributed by atoms with Gasteiger partial charge in [0.15, 0.2) is 5.69 Å². The quantitative estimate of drug-likeness (QED) is 0.846. The number of aromatic carboxylic acids is 1. The first-order valence-corrected chi connectivity index (χ1v) is 6.05. The van der Waals surface area contributed by atoms with Gasteiger partial charge in [0.1, 0.15) is 16.7 Å². The van der Waals surface area contributed by atoms with E-state index in [1.807, 2.05) is 6.92 Å². The molecular weight excluding hydrogens is 242 g/mol. The Morgan fingerprint density at radius 1 is 1.53 bits per heavy atom. The zero-order valence-electron chi connectivity index (χ0n) is 9.53. The van der Waals surface area contributed by atoms with Crippen molar-refractivity contribution in [3.63, 3.8) is 0 Å². The average Bonchev–Trinajstić information content (AvgIpc) is 3.11. The van der Waals surface area contributed by atoms with E-state index in [2.05, 4.69) is 15.3 Å². The number of carbonyl (C=O) groups is 1. The highest BCUT2D eigenvalue weighted by atomic mass is 35.5. The van der Waals surface area contributed by atoms with E-state index >= 15 is 0 Å². The molecule has 1 aromatic heterocycles. The van der Waals surface area contributed by atoms with Gasteiger partial charge in [-0.05, 0) is 19.3 Å². The number of aromatic nitrogens is 2. The molecule has 0 amide bonds.